The minimum absolute atomic E-state index is 0.0845. The van der Waals surface area contributed by atoms with Crippen molar-refractivity contribution in [1.82, 2.24) is 5.32 Å². The fourth-order valence-corrected chi connectivity index (χ4v) is 2.51. The number of nitrogens with one attached hydrogen (secondary N) is 1. The van der Waals surface area contributed by atoms with E-state index in [-0.39, 0.29) is 5.91 Å². The lowest BCUT2D eigenvalue weighted by atomic mass is 10.1. The van der Waals surface area contributed by atoms with Crippen LogP contribution in [0.5, 0.6) is 5.75 Å². The van der Waals surface area contributed by atoms with E-state index in [4.69, 9.17) is 4.74 Å². The Morgan fingerprint density at radius 2 is 1.60 bits per heavy atom. The van der Waals surface area contributed by atoms with Gasteiger partial charge in [-0.2, -0.15) is 0 Å². The minimum atomic E-state index is -0.478. The van der Waals surface area contributed by atoms with Gasteiger partial charge < -0.3 is 15.0 Å². The number of aryl methyl sites for hydroxylation is 1. The van der Waals surface area contributed by atoms with Crippen LogP contribution in [-0.2, 0) is 17.8 Å². The zero-order chi connectivity index (χ0) is 18.2. The van der Waals surface area contributed by atoms with Gasteiger partial charge in [0.05, 0.1) is 0 Å². The molecule has 0 saturated heterocycles. The lowest BCUT2D eigenvalue weighted by Crippen LogP contribution is -2.37. The molecule has 2 aromatic rings. The van der Waals surface area contributed by atoms with Crippen LogP contribution >= 0.6 is 0 Å². The van der Waals surface area contributed by atoms with Crippen molar-refractivity contribution in [2.24, 2.45) is 0 Å². The Balaban J connectivity index is 1.90. The quantitative estimate of drug-likeness (QED) is 0.795. The molecule has 4 nitrogen and oxygen atoms in total. The fraction of sp³-hybridized carbons (Fsp3) is 0.381. The molecule has 134 valence electrons. The van der Waals surface area contributed by atoms with Crippen molar-refractivity contribution < 1.29 is 9.53 Å². The van der Waals surface area contributed by atoms with Crippen LogP contribution in [0.2, 0.25) is 0 Å². The van der Waals surface area contributed by atoms with Crippen LogP contribution < -0.4 is 15.0 Å². The van der Waals surface area contributed by atoms with Gasteiger partial charge in [-0.3, -0.25) is 4.79 Å². The SMILES string of the molecule is CCc1ccc(OC(CC)C(=O)NCc2ccc(N(C)C)cc2)cc1. The number of carbonyl (C=O) groups is 1. The van der Waals surface area contributed by atoms with Crippen LogP contribution in [-0.4, -0.2) is 26.1 Å². The third-order valence-electron chi connectivity index (χ3n) is 4.19. The standard InChI is InChI=1S/C21H28N2O2/c1-5-16-9-13-19(14-10-16)25-20(6-2)21(24)22-15-17-7-11-18(12-8-17)23(3)4/h7-14,20H,5-6,15H2,1-4H3,(H,22,24). The summed E-state index contributed by atoms with van der Waals surface area (Å²) < 4.78 is 5.85. The highest BCUT2D eigenvalue weighted by molar-refractivity contribution is 5.81. The van der Waals surface area contributed by atoms with Crippen LogP contribution in [0.1, 0.15) is 31.4 Å². The second-order valence-corrected chi connectivity index (χ2v) is 6.29. The Bertz CT molecular complexity index is 663. The van der Waals surface area contributed by atoms with Crippen molar-refractivity contribution in [3.05, 3.63) is 59.7 Å². The number of hydrogen-bond acceptors (Lipinski definition) is 3. The van der Waals surface area contributed by atoms with Crippen molar-refractivity contribution >= 4 is 11.6 Å². The second-order valence-electron chi connectivity index (χ2n) is 6.29. The third kappa shape index (κ3) is 5.52. The van der Waals surface area contributed by atoms with Gasteiger partial charge in [-0.15, -0.1) is 0 Å². The summed E-state index contributed by atoms with van der Waals surface area (Å²) >= 11 is 0. The van der Waals surface area contributed by atoms with Gasteiger partial charge in [0.15, 0.2) is 6.10 Å². The van der Waals surface area contributed by atoms with Gasteiger partial charge in [-0.25, -0.2) is 0 Å². The molecule has 0 aromatic heterocycles. The van der Waals surface area contributed by atoms with Gasteiger partial charge in [0.2, 0.25) is 0 Å². The highest BCUT2D eigenvalue weighted by Crippen LogP contribution is 2.16. The van der Waals surface area contributed by atoms with Gasteiger partial charge in [-0.1, -0.05) is 38.1 Å². The summed E-state index contributed by atoms with van der Waals surface area (Å²) in [7, 11) is 4.01. The summed E-state index contributed by atoms with van der Waals surface area (Å²) in [6, 6.07) is 16.1. The minimum Gasteiger partial charge on any atom is -0.481 e. The summed E-state index contributed by atoms with van der Waals surface area (Å²) in [5, 5.41) is 2.96. The summed E-state index contributed by atoms with van der Waals surface area (Å²) in [5.41, 5.74) is 3.47. The second kappa shape index (κ2) is 9.11. The van der Waals surface area contributed by atoms with E-state index in [2.05, 4.69) is 12.2 Å². The maximum Gasteiger partial charge on any atom is 0.261 e. The largest absolute Gasteiger partial charge is 0.481 e. The van der Waals surface area contributed by atoms with Crippen LogP contribution in [0.25, 0.3) is 0 Å². The van der Waals surface area contributed by atoms with E-state index in [1.54, 1.807) is 0 Å². The highest BCUT2D eigenvalue weighted by atomic mass is 16.5. The van der Waals surface area contributed by atoms with Crippen molar-refractivity contribution in [1.29, 1.82) is 0 Å². The normalized spacial score (nSPS) is 11.7. The molecule has 1 atom stereocenters. The molecule has 0 saturated carbocycles. The average molecular weight is 340 g/mol. The van der Waals surface area contributed by atoms with E-state index in [1.807, 2.05) is 74.4 Å². The van der Waals surface area contributed by atoms with Crippen molar-refractivity contribution in [3.8, 4) is 5.75 Å². The first kappa shape index (κ1) is 18.8. The van der Waals surface area contributed by atoms with Gasteiger partial charge in [0.1, 0.15) is 5.75 Å². The molecule has 25 heavy (non-hydrogen) atoms. The van der Waals surface area contributed by atoms with E-state index in [0.29, 0.717) is 13.0 Å². The third-order valence-corrected chi connectivity index (χ3v) is 4.19. The predicted octanol–water partition coefficient (Wildman–Crippen LogP) is 3.79. The Labute approximate surface area is 150 Å². The Kier molecular flexibility index (Phi) is 6.87. The molecule has 0 fully saturated rings. The number of amides is 1. The molecule has 1 unspecified atom stereocenters. The molecule has 1 N–H and O–H groups in total. The van der Waals surface area contributed by atoms with E-state index in [1.165, 1.54) is 5.56 Å². The van der Waals surface area contributed by atoms with Crippen molar-refractivity contribution in [3.63, 3.8) is 0 Å². The summed E-state index contributed by atoms with van der Waals surface area (Å²) in [5.74, 6) is 0.647. The molecule has 0 spiro atoms. The lowest BCUT2D eigenvalue weighted by Gasteiger charge is -2.18. The molecule has 2 rings (SSSR count). The van der Waals surface area contributed by atoms with E-state index >= 15 is 0 Å². The zero-order valence-corrected chi connectivity index (χ0v) is 15.6. The topological polar surface area (TPSA) is 41.6 Å². The summed E-state index contributed by atoms with van der Waals surface area (Å²) in [4.78, 5) is 14.5. The Morgan fingerprint density at radius 1 is 1.00 bits per heavy atom. The molecule has 0 heterocycles. The summed E-state index contributed by atoms with van der Waals surface area (Å²) in [6.45, 7) is 4.57. The molecule has 0 aliphatic rings. The Hall–Kier alpha value is -2.49. The highest BCUT2D eigenvalue weighted by Gasteiger charge is 2.18. The number of hydrogen-bond donors (Lipinski definition) is 1. The van der Waals surface area contributed by atoms with Crippen LogP contribution in [0, 0.1) is 0 Å². The maximum atomic E-state index is 12.4. The number of carbonyl (C=O) groups excluding carboxylic acids is 1. The van der Waals surface area contributed by atoms with E-state index < -0.39 is 6.10 Å². The van der Waals surface area contributed by atoms with Crippen molar-refractivity contribution in [2.45, 2.75) is 39.3 Å². The van der Waals surface area contributed by atoms with Crippen LogP contribution in [0.15, 0.2) is 48.5 Å². The predicted molar refractivity (Wildman–Crippen MR) is 103 cm³/mol. The van der Waals surface area contributed by atoms with Crippen molar-refractivity contribution in [2.75, 3.05) is 19.0 Å². The Morgan fingerprint density at radius 3 is 2.12 bits per heavy atom. The van der Waals surface area contributed by atoms with E-state index in [0.717, 1.165) is 23.4 Å². The van der Waals surface area contributed by atoms with Gasteiger partial charge in [0.25, 0.3) is 5.91 Å². The molecule has 2 aromatic carbocycles. The first-order valence-corrected chi connectivity index (χ1v) is 8.83. The van der Waals surface area contributed by atoms with E-state index in [9.17, 15) is 4.79 Å². The van der Waals surface area contributed by atoms with Gasteiger partial charge >= 0.3 is 0 Å². The summed E-state index contributed by atoms with van der Waals surface area (Å²) in [6.07, 6.45) is 1.14. The van der Waals surface area contributed by atoms with Crippen LogP contribution in [0.3, 0.4) is 0 Å². The number of rotatable bonds is 8. The molecule has 0 aliphatic heterocycles. The number of nitrogens with zero attached hydrogens (tertiary/aromatic N) is 1. The molecule has 4 heteroatoms. The molecule has 0 aliphatic carbocycles. The lowest BCUT2D eigenvalue weighted by molar-refractivity contribution is -0.128. The molecule has 0 radical (unpaired) electrons. The molecule has 1 amide bonds. The molecule has 0 bridgehead atoms. The van der Waals surface area contributed by atoms with Gasteiger partial charge in [0, 0.05) is 26.3 Å². The molecular formula is C21H28N2O2. The first-order valence-electron chi connectivity index (χ1n) is 8.83. The maximum absolute atomic E-state index is 12.4. The van der Waals surface area contributed by atoms with Gasteiger partial charge in [-0.05, 0) is 48.2 Å². The molecular weight excluding hydrogens is 312 g/mol. The first-order chi connectivity index (χ1) is 12.0. The van der Waals surface area contributed by atoms with Crippen LogP contribution in [0.4, 0.5) is 5.69 Å². The number of anilines is 1. The number of ether oxygens (including phenoxy) is 1. The average Bonchev–Trinajstić information content (AvgIpc) is 2.65. The monoisotopic (exact) mass is 340 g/mol. The number of benzene rings is 2. The smallest absolute Gasteiger partial charge is 0.261 e. The fourth-order valence-electron chi connectivity index (χ4n) is 2.51. The zero-order valence-electron chi connectivity index (χ0n) is 15.6.